The molecule has 2 aromatic rings. The number of ether oxygens (including phenoxy) is 1. The molecule has 0 saturated carbocycles. The molecule has 1 aromatic heterocycles. The lowest BCUT2D eigenvalue weighted by atomic mass is 9.89. The Kier molecular flexibility index (Phi) is 4.60. The van der Waals surface area contributed by atoms with E-state index in [1.165, 1.54) is 0 Å². The molecule has 0 unspecified atom stereocenters. The van der Waals surface area contributed by atoms with Crippen LogP contribution in [-0.4, -0.2) is 40.6 Å². The number of carbonyl (C=O) groups excluding carboxylic acids is 1. The fourth-order valence-electron chi connectivity index (χ4n) is 4.24. The number of benzene rings is 1. The smallest absolute Gasteiger partial charge is 0.272 e. The summed E-state index contributed by atoms with van der Waals surface area (Å²) in [5, 5.41) is 9.82. The lowest BCUT2D eigenvalue weighted by Gasteiger charge is -2.40. The Hall–Kier alpha value is -2.45. The van der Waals surface area contributed by atoms with E-state index >= 15 is 0 Å². The molecule has 5 nitrogen and oxygen atoms in total. The molecule has 2 atom stereocenters. The number of carbonyl (C=O) groups is 1. The van der Waals surface area contributed by atoms with E-state index in [1.807, 2.05) is 41.3 Å². The molecule has 2 saturated heterocycles. The van der Waals surface area contributed by atoms with E-state index in [9.17, 15) is 4.79 Å². The number of amides is 1. The van der Waals surface area contributed by atoms with E-state index in [4.69, 9.17) is 10.00 Å². The number of nitriles is 1. The first-order valence-electron chi connectivity index (χ1n) is 9.39. The van der Waals surface area contributed by atoms with Crippen molar-refractivity contribution in [2.75, 3.05) is 13.1 Å². The minimum absolute atomic E-state index is 0.0149. The molecule has 0 N–H and O–H groups in total. The highest BCUT2D eigenvalue weighted by Crippen LogP contribution is 2.39. The van der Waals surface area contributed by atoms with Crippen molar-refractivity contribution < 1.29 is 9.53 Å². The van der Waals surface area contributed by atoms with E-state index < -0.39 is 0 Å². The van der Waals surface area contributed by atoms with Crippen molar-refractivity contribution in [2.45, 2.75) is 50.2 Å². The quantitative estimate of drug-likeness (QED) is 0.847. The number of rotatable bonds is 3. The number of para-hydroxylation sites is 1. The number of hydrogen-bond acceptors (Lipinski definition) is 4. The van der Waals surface area contributed by atoms with Crippen molar-refractivity contribution in [3.8, 4) is 6.07 Å². The average molecular weight is 349 g/mol. The second-order valence-corrected chi connectivity index (χ2v) is 7.38. The van der Waals surface area contributed by atoms with Crippen molar-refractivity contribution >= 4 is 16.8 Å². The van der Waals surface area contributed by atoms with Gasteiger partial charge in [0.25, 0.3) is 5.91 Å². The minimum atomic E-state index is -0.231. The lowest BCUT2D eigenvalue weighted by Crippen LogP contribution is -2.50. The molecule has 3 heterocycles. The van der Waals surface area contributed by atoms with Gasteiger partial charge in [0, 0.05) is 18.4 Å². The molecule has 5 heteroatoms. The van der Waals surface area contributed by atoms with Crippen LogP contribution in [0.4, 0.5) is 0 Å². The Morgan fingerprint density at radius 1 is 1.31 bits per heavy atom. The van der Waals surface area contributed by atoms with E-state index in [0.717, 1.165) is 49.6 Å². The highest BCUT2D eigenvalue weighted by Gasteiger charge is 2.44. The summed E-state index contributed by atoms with van der Waals surface area (Å²) < 4.78 is 6.31. The first kappa shape index (κ1) is 17.0. The highest BCUT2D eigenvalue weighted by atomic mass is 16.5. The number of pyridine rings is 1. The van der Waals surface area contributed by atoms with E-state index in [0.29, 0.717) is 18.7 Å². The third kappa shape index (κ3) is 3.30. The molecule has 26 heavy (non-hydrogen) atoms. The number of piperidine rings is 1. The van der Waals surface area contributed by atoms with Gasteiger partial charge in [-0.05, 0) is 44.2 Å². The van der Waals surface area contributed by atoms with Crippen LogP contribution in [0.3, 0.4) is 0 Å². The molecule has 1 amide bonds. The number of fused-ring (bicyclic) bond motifs is 1. The summed E-state index contributed by atoms with van der Waals surface area (Å²) in [4.78, 5) is 19.5. The first-order valence-corrected chi connectivity index (χ1v) is 9.39. The van der Waals surface area contributed by atoms with Gasteiger partial charge in [0.15, 0.2) is 0 Å². The van der Waals surface area contributed by atoms with Gasteiger partial charge in [0.05, 0.1) is 29.8 Å². The van der Waals surface area contributed by atoms with Crippen molar-refractivity contribution in [3.05, 3.63) is 42.1 Å². The van der Waals surface area contributed by atoms with Crippen LogP contribution in [0, 0.1) is 11.3 Å². The van der Waals surface area contributed by atoms with Gasteiger partial charge in [-0.25, -0.2) is 4.98 Å². The van der Waals surface area contributed by atoms with E-state index in [-0.39, 0.29) is 17.6 Å². The van der Waals surface area contributed by atoms with Crippen LogP contribution in [0.5, 0.6) is 0 Å². The average Bonchev–Trinajstić information content (AvgIpc) is 3.07. The topological polar surface area (TPSA) is 66.2 Å². The molecule has 1 aromatic carbocycles. The fourth-order valence-corrected chi connectivity index (χ4v) is 4.24. The van der Waals surface area contributed by atoms with Crippen molar-refractivity contribution in [1.82, 2.24) is 9.88 Å². The van der Waals surface area contributed by atoms with Crippen LogP contribution < -0.4 is 0 Å². The summed E-state index contributed by atoms with van der Waals surface area (Å²) in [6, 6.07) is 13.8. The van der Waals surface area contributed by atoms with Crippen molar-refractivity contribution in [1.29, 1.82) is 5.26 Å². The monoisotopic (exact) mass is 349 g/mol. The van der Waals surface area contributed by atoms with Gasteiger partial charge in [-0.15, -0.1) is 0 Å². The largest absolute Gasteiger partial charge is 0.370 e. The third-order valence-corrected chi connectivity index (χ3v) is 5.56. The maximum atomic E-state index is 13.0. The van der Waals surface area contributed by atoms with Crippen molar-refractivity contribution in [2.24, 2.45) is 0 Å². The standard InChI is InChI=1S/C21H23N3O2/c22-13-3-6-17-10-12-21(26-17)11-4-14-24(15-21)20(25)19-9-8-16-5-1-2-7-18(16)23-19/h1-2,5,7-9,17H,3-4,6,10-12,14-15H2/t17-,21+/m1/s1. The summed E-state index contributed by atoms with van der Waals surface area (Å²) in [5.41, 5.74) is 1.11. The van der Waals surface area contributed by atoms with Crippen LogP contribution in [0.25, 0.3) is 10.9 Å². The van der Waals surface area contributed by atoms with Crippen LogP contribution in [0.2, 0.25) is 0 Å². The van der Waals surface area contributed by atoms with Crippen LogP contribution in [0.1, 0.15) is 49.0 Å². The predicted octanol–water partition coefficient (Wildman–Crippen LogP) is 3.69. The number of aromatic nitrogens is 1. The molecular weight excluding hydrogens is 326 g/mol. The van der Waals surface area contributed by atoms with Gasteiger partial charge in [-0.1, -0.05) is 24.3 Å². The molecule has 2 fully saturated rings. The van der Waals surface area contributed by atoms with Gasteiger partial charge in [-0.3, -0.25) is 4.79 Å². The number of nitrogens with zero attached hydrogens (tertiary/aromatic N) is 3. The summed E-state index contributed by atoms with van der Waals surface area (Å²) in [7, 11) is 0. The zero-order valence-electron chi connectivity index (χ0n) is 14.9. The summed E-state index contributed by atoms with van der Waals surface area (Å²) >= 11 is 0. The molecular formula is C21H23N3O2. The summed E-state index contributed by atoms with van der Waals surface area (Å²) in [5.74, 6) is -0.0149. The van der Waals surface area contributed by atoms with E-state index in [1.54, 1.807) is 0 Å². The lowest BCUT2D eigenvalue weighted by molar-refractivity contribution is -0.0782. The van der Waals surface area contributed by atoms with Crippen molar-refractivity contribution in [3.63, 3.8) is 0 Å². The Labute approximate surface area is 153 Å². The Morgan fingerprint density at radius 2 is 2.19 bits per heavy atom. The highest BCUT2D eigenvalue weighted by molar-refractivity contribution is 5.95. The van der Waals surface area contributed by atoms with Crippen LogP contribution in [0.15, 0.2) is 36.4 Å². The molecule has 4 rings (SSSR count). The molecule has 134 valence electrons. The van der Waals surface area contributed by atoms with Crippen LogP contribution in [-0.2, 0) is 4.74 Å². The summed E-state index contributed by atoms with van der Waals surface area (Å²) in [6.45, 7) is 1.38. The van der Waals surface area contributed by atoms with Crippen LogP contribution >= 0.6 is 0 Å². The number of hydrogen-bond donors (Lipinski definition) is 0. The zero-order chi connectivity index (χ0) is 18.0. The third-order valence-electron chi connectivity index (χ3n) is 5.56. The van der Waals surface area contributed by atoms with Gasteiger partial charge in [0.1, 0.15) is 5.69 Å². The maximum absolute atomic E-state index is 13.0. The molecule has 1 spiro atoms. The molecule has 2 aliphatic rings. The predicted molar refractivity (Wildman–Crippen MR) is 98.6 cm³/mol. The molecule has 0 radical (unpaired) electrons. The number of likely N-dealkylation sites (tertiary alicyclic amines) is 1. The second kappa shape index (κ2) is 7.05. The summed E-state index contributed by atoms with van der Waals surface area (Å²) in [6.07, 6.45) is 5.37. The molecule has 0 bridgehead atoms. The molecule has 2 aliphatic heterocycles. The van der Waals surface area contributed by atoms with Gasteiger partial charge in [-0.2, -0.15) is 5.26 Å². The fraction of sp³-hybridized carbons (Fsp3) is 0.476. The molecule has 0 aliphatic carbocycles. The van der Waals surface area contributed by atoms with Gasteiger partial charge < -0.3 is 9.64 Å². The minimum Gasteiger partial charge on any atom is -0.370 e. The van der Waals surface area contributed by atoms with Gasteiger partial charge in [0.2, 0.25) is 0 Å². The zero-order valence-corrected chi connectivity index (χ0v) is 14.9. The Bertz CT molecular complexity index is 860. The first-order chi connectivity index (χ1) is 12.7. The van der Waals surface area contributed by atoms with E-state index in [2.05, 4.69) is 11.1 Å². The maximum Gasteiger partial charge on any atom is 0.272 e. The Morgan fingerprint density at radius 3 is 3.08 bits per heavy atom. The van der Waals surface area contributed by atoms with Gasteiger partial charge >= 0.3 is 0 Å². The second-order valence-electron chi connectivity index (χ2n) is 7.38. The Balaban J connectivity index is 1.48. The normalized spacial score (nSPS) is 25.5. The SMILES string of the molecule is N#CCC[C@@H]1CC[C@]2(CCCN(C(=O)c3ccc4ccccc4n3)C2)O1.